The second kappa shape index (κ2) is 6.62. The molecule has 0 saturated carbocycles. The van der Waals surface area contributed by atoms with Crippen LogP contribution in [0.4, 0.5) is 5.13 Å². The number of nitrogens with zero attached hydrogens (tertiary/aromatic N) is 2. The SMILES string of the molecule is Cc1cccc(CC(=O)Nc2nc3c(s2)CN(S(C)(=O)=O)CC3)c1. The lowest BCUT2D eigenvalue weighted by Crippen LogP contribution is -2.34. The van der Waals surface area contributed by atoms with E-state index in [0.29, 0.717) is 31.1 Å². The Balaban J connectivity index is 1.67. The zero-order valence-electron chi connectivity index (χ0n) is 13.6. The van der Waals surface area contributed by atoms with Crippen molar-refractivity contribution in [1.29, 1.82) is 0 Å². The van der Waals surface area contributed by atoms with Crippen LogP contribution in [0.2, 0.25) is 0 Å². The van der Waals surface area contributed by atoms with E-state index in [-0.39, 0.29) is 5.91 Å². The van der Waals surface area contributed by atoms with Gasteiger partial charge in [0.05, 0.1) is 18.4 Å². The fraction of sp³-hybridized carbons (Fsp3) is 0.375. The first-order chi connectivity index (χ1) is 11.3. The summed E-state index contributed by atoms with van der Waals surface area (Å²) in [7, 11) is -3.20. The average Bonchev–Trinajstić information content (AvgIpc) is 2.87. The van der Waals surface area contributed by atoms with Crippen molar-refractivity contribution in [2.24, 2.45) is 0 Å². The summed E-state index contributed by atoms with van der Waals surface area (Å²) in [5, 5.41) is 3.36. The van der Waals surface area contributed by atoms with Crippen molar-refractivity contribution in [1.82, 2.24) is 9.29 Å². The highest BCUT2D eigenvalue weighted by Crippen LogP contribution is 2.29. The van der Waals surface area contributed by atoms with Gasteiger partial charge in [0, 0.05) is 24.4 Å². The molecule has 2 heterocycles. The summed E-state index contributed by atoms with van der Waals surface area (Å²) in [5.41, 5.74) is 2.95. The molecule has 6 nitrogen and oxygen atoms in total. The van der Waals surface area contributed by atoms with Gasteiger partial charge in [-0.15, -0.1) is 11.3 Å². The average molecular weight is 365 g/mol. The number of rotatable bonds is 4. The molecule has 2 aromatic rings. The van der Waals surface area contributed by atoms with Gasteiger partial charge in [0.2, 0.25) is 15.9 Å². The van der Waals surface area contributed by atoms with E-state index < -0.39 is 10.0 Å². The highest BCUT2D eigenvalue weighted by molar-refractivity contribution is 7.88. The summed E-state index contributed by atoms with van der Waals surface area (Å²) < 4.78 is 24.7. The summed E-state index contributed by atoms with van der Waals surface area (Å²) in [5.74, 6) is -0.119. The Morgan fingerprint density at radius 3 is 2.92 bits per heavy atom. The van der Waals surface area contributed by atoms with Crippen LogP contribution in [-0.2, 0) is 34.2 Å². The molecular weight excluding hydrogens is 346 g/mol. The fourth-order valence-electron chi connectivity index (χ4n) is 2.68. The maximum atomic E-state index is 12.2. The largest absolute Gasteiger partial charge is 0.302 e. The molecule has 8 heteroatoms. The maximum absolute atomic E-state index is 12.2. The number of hydrogen-bond acceptors (Lipinski definition) is 5. The number of sulfonamides is 1. The van der Waals surface area contributed by atoms with Crippen molar-refractivity contribution in [2.45, 2.75) is 26.3 Å². The number of hydrogen-bond donors (Lipinski definition) is 1. The van der Waals surface area contributed by atoms with Gasteiger partial charge in [-0.3, -0.25) is 4.79 Å². The van der Waals surface area contributed by atoms with Crippen molar-refractivity contribution in [2.75, 3.05) is 18.1 Å². The molecule has 0 aliphatic carbocycles. The van der Waals surface area contributed by atoms with E-state index in [4.69, 9.17) is 0 Å². The Morgan fingerprint density at radius 1 is 1.42 bits per heavy atom. The molecule has 128 valence electrons. The number of carbonyl (C=O) groups is 1. The van der Waals surface area contributed by atoms with Crippen LogP contribution in [0.25, 0.3) is 0 Å². The van der Waals surface area contributed by atoms with Crippen LogP contribution in [0.3, 0.4) is 0 Å². The third-order valence-electron chi connectivity index (χ3n) is 3.86. The van der Waals surface area contributed by atoms with Crippen molar-refractivity contribution in [3.8, 4) is 0 Å². The number of carbonyl (C=O) groups excluding carboxylic acids is 1. The van der Waals surface area contributed by atoms with E-state index in [2.05, 4.69) is 10.3 Å². The number of fused-ring (bicyclic) bond motifs is 1. The molecule has 0 unspecified atom stereocenters. The van der Waals surface area contributed by atoms with Crippen molar-refractivity contribution >= 4 is 32.4 Å². The highest BCUT2D eigenvalue weighted by atomic mass is 32.2. The van der Waals surface area contributed by atoms with E-state index in [0.717, 1.165) is 21.7 Å². The normalized spacial score (nSPS) is 15.1. The molecule has 24 heavy (non-hydrogen) atoms. The number of aryl methyl sites for hydroxylation is 1. The lowest BCUT2D eigenvalue weighted by atomic mass is 10.1. The summed E-state index contributed by atoms with van der Waals surface area (Å²) >= 11 is 1.35. The second-order valence-corrected chi connectivity index (χ2v) is 9.02. The molecule has 1 aliphatic heterocycles. The minimum Gasteiger partial charge on any atom is -0.302 e. The Hall–Kier alpha value is -1.77. The molecule has 3 rings (SSSR count). The fourth-order valence-corrected chi connectivity index (χ4v) is 4.59. The van der Waals surface area contributed by atoms with Crippen molar-refractivity contribution in [3.63, 3.8) is 0 Å². The first-order valence-electron chi connectivity index (χ1n) is 7.60. The second-order valence-electron chi connectivity index (χ2n) is 5.95. The van der Waals surface area contributed by atoms with E-state index in [1.165, 1.54) is 21.9 Å². The summed E-state index contributed by atoms with van der Waals surface area (Å²) in [4.78, 5) is 17.5. The topological polar surface area (TPSA) is 79.4 Å². The molecule has 0 bridgehead atoms. The number of aromatic nitrogens is 1. The molecule has 0 saturated heterocycles. The first-order valence-corrected chi connectivity index (χ1v) is 10.3. The minimum absolute atomic E-state index is 0.119. The predicted molar refractivity (Wildman–Crippen MR) is 94.6 cm³/mol. The van der Waals surface area contributed by atoms with Crippen LogP contribution in [0.15, 0.2) is 24.3 Å². The molecule has 1 aromatic heterocycles. The van der Waals surface area contributed by atoms with Gasteiger partial charge in [0.1, 0.15) is 0 Å². The van der Waals surface area contributed by atoms with Crippen LogP contribution in [-0.4, -0.2) is 36.4 Å². The van der Waals surface area contributed by atoms with Crippen LogP contribution >= 0.6 is 11.3 Å². The van der Waals surface area contributed by atoms with Gasteiger partial charge in [-0.05, 0) is 12.5 Å². The molecular formula is C16H19N3O3S2. The molecule has 1 aromatic carbocycles. The Labute approximate surface area is 145 Å². The quantitative estimate of drug-likeness (QED) is 0.898. The van der Waals surface area contributed by atoms with Gasteiger partial charge in [-0.25, -0.2) is 13.4 Å². The molecule has 0 fully saturated rings. The molecule has 1 amide bonds. The summed E-state index contributed by atoms with van der Waals surface area (Å²) in [6.07, 6.45) is 2.08. The van der Waals surface area contributed by atoms with Crippen LogP contribution in [0.1, 0.15) is 21.7 Å². The van der Waals surface area contributed by atoms with E-state index in [9.17, 15) is 13.2 Å². The monoisotopic (exact) mass is 365 g/mol. The Morgan fingerprint density at radius 2 is 2.21 bits per heavy atom. The van der Waals surface area contributed by atoms with E-state index >= 15 is 0 Å². The van der Waals surface area contributed by atoms with Crippen LogP contribution in [0, 0.1) is 6.92 Å². The molecule has 1 aliphatic rings. The summed E-state index contributed by atoms with van der Waals surface area (Å²) in [6.45, 7) is 2.76. The molecule has 1 N–H and O–H groups in total. The molecule has 0 spiro atoms. The molecule has 0 radical (unpaired) electrons. The van der Waals surface area contributed by atoms with Gasteiger partial charge in [0.25, 0.3) is 0 Å². The van der Waals surface area contributed by atoms with Gasteiger partial charge in [-0.1, -0.05) is 29.8 Å². The first kappa shape index (κ1) is 17.1. The standard InChI is InChI=1S/C16H19N3O3S2/c1-11-4-3-5-12(8-11)9-15(20)18-16-17-13-6-7-19(24(2,21)22)10-14(13)23-16/h3-5,8H,6-7,9-10H2,1-2H3,(H,17,18,20). The van der Waals surface area contributed by atoms with Gasteiger partial charge in [-0.2, -0.15) is 4.31 Å². The Kier molecular flexibility index (Phi) is 4.71. The van der Waals surface area contributed by atoms with E-state index in [1.807, 2.05) is 31.2 Å². The van der Waals surface area contributed by atoms with E-state index in [1.54, 1.807) is 0 Å². The lowest BCUT2D eigenvalue weighted by Gasteiger charge is -2.23. The molecule has 0 atom stereocenters. The number of benzene rings is 1. The van der Waals surface area contributed by atoms with Crippen molar-refractivity contribution < 1.29 is 13.2 Å². The Bertz CT molecular complexity index is 874. The lowest BCUT2D eigenvalue weighted by molar-refractivity contribution is -0.115. The number of nitrogens with one attached hydrogen (secondary N) is 1. The number of thiazole rings is 1. The predicted octanol–water partition coefficient (Wildman–Crippen LogP) is 1.95. The maximum Gasteiger partial charge on any atom is 0.230 e. The summed E-state index contributed by atoms with van der Waals surface area (Å²) in [6, 6.07) is 7.82. The smallest absolute Gasteiger partial charge is 0.230 e. The zero-order chi connectivity index (χ0) is 17.3. The number of amides is 1. The third kappa shape index (κ3) is 4.00. The number of anilines is 1. The van der Waals surface area contributed by atoms with Gasteiger partial charge in [0.15, 0.2) is 5.13 Å². The zero-order valence-corrected chi connectivity index (χ0v) is 15.2. The minimum atomic E-state index is -3.20. The van der Waals surface area contributed by atoms with Gasteiger partial charge >= 0.3 is 0 Å². The van der Waals surface area contributed by atoms with Crippen LogP contribution < -0.4 is 5.32 Å². The third-order valence-corrected chi connectivity index (χ3v) is 6.11. The van der Waals surface area contributed by atoms with Gasteiger partial charge < -0.3 is 5.32 Å². The highest BCUT2D eigenvalue weighted by Gasteiger charge is 2.26. The van der Waals surface area contributed by atoms with Crippen molar-refractivity contribution in [3.05, 3.63) is 46.0 Å². The van der Waals surface area contributed by atoms with Crippen LogP contribution in [0.5, 0.6) is 0 Å².